The summed E-state index contributed by atoms with van der Waals surface area (Å²) in [5.74, 6) is 2.86. The summed E-state index contributed by atoms with van der Waals surface area (Å²) in [6.07, 6.45) is -4.69. The second-order valence-electron chi connectivity index (χ2n) is 9.28. The van der Waals surface area contributed by atoms with Gasteiger partial charge in [-0.15, -0.1) is 0 Å². The van der Waals surface area contributed by atoms with Gasteiger partial charge in [0.2, 0.25) is 27.1 Å². The minimum absolute atomic E-state index is 0.0636. The van der Waals surface area contributed by atoms with E-state index < -0.39 is 62.3 Å². The first-order chi connectivity index (χ1) is 17.2. The maximum Gasteiger partial charge on any atom is 0.416 e. The number of nitrogens with one attached hydrogen (secondary N) is 1. The number of nitrogens with two attached hydrogens (primary N) is 1. The van der Waals surface area contributed by atoms with Crippen LogP contribution < -0.4 is 11.2 Å². The molecule has 2 fully saturated rings. The molecule has 1 aliphatic carbocycles. The highest BCUT2D eigenvalue weighted by atomic mass is 32.2. The maximum absolute atomic E-state index is 13.5. The molecular weight excluding hydrogens is 513 g/mol. The molecule has 1 amide bonds. The van der Waals surface area contributed by atoms with Crippen molar-refractivity contribution in [3.05, 3.63) is 65.2 Å². The normalized spacial score (nSPS) is 23.1. The molecule has 198 valence electrons. The number of sulfonamides is 1. The van der Waals surface area contributed by atoms with Crippen molar-refractivity contribution in [1.29, 1.82) is 0 Å². The van der Waals surface area contributed by atoms with Crippen LogP contribution >= 0.6 is 0 Å². The lowest BCUT2D eigenvalue weighted by atomic mass is 9.66. The summed E-state index contributed by atoms with van der Waals surface area (Å²) in [6.45, 7) is 3.35. The summed E-state index contributed by atoms with van der Waals surface area (Å²) in [6, 6.07) is 8.38. The Labute approximate surface area is 211 Å². The number of amides is 1. The van der Waals surface area contributed by atoms with Crippen molar-refractivity contribution in [2.75, 3.05) is 13.1 Å². The van der Waals surface area contributed by atoms with Gasteiger partial charge in [-0.1, -0.05) is 38.1 Å². The molecule has 9 nitrogen and oxygen atoms in total. The first kappa shape index (κ1) is 26.9. The second kappa shape index (κ2) is 9.31. The summed E-state index contributed by atoms with van der Waals surface area (Å²) in [4.78, 5) is 38.3. The van der Waals surface area contributed by atoms with Crippen LogP contribution in [0.25, 0.3) is 0 Å². The summed E-state index contributed by atoms with van der Waals surface area (Å²) in [7, 11) is -4.69. The van der Waals surface area contributed by atoms with E-state index in [1.165, 1.54) is 0 Å². The van der Waals surface area contributed by atoms with Crippen LogP contribution in [0.2, 0.25) is 0 Å². The lowest BCUT2D eigenvalue weighted by Crippen LogP contribution is -2.88. The number of carbonyl (C=O) groups excluding carboxylic acids is 3. The van der Waals surface area contributed by atoms with Gasteiger partial charge in [0, 0.05) is 19.6 Å². The average Bonchev–Trinajstić information content (AvgIpc) is 2.85. The van der Waals surface area contributed by atoms with Crippen LogP contribution in [0.1, 0.15) is 36.5 Å². The number of benzene rings is 2. The fourth-order valence-corrected chi connectivity index (χ4v) is 6.33. The fraction of sp³-hybridized carbons (Fsp3) is 0.375. The van der Waals surface area contributed by atoms with Crippen molar-refractivity contribution in [2.24, 2.45) is 5.84 Å². The smallest absolute Gasteiger partial charge is 0.350 e. The minimum atomic E-state index is -4.69. The Morgan fingerprint density at radius 3 is 2.22 bits per heavy atom. The van der Waals surface area contributed by atoms with Gasteiger partial charge in [0.05, 0.1) is 10.5 Å². The summed E-state index contributed by atoms with van der Waals surface area (Å²) in [5, 5.41) is 3.49. The molecule has 1 unspecified atom stereocenters. The van der Waals surface area contributed by atoms with Crippen LogP contribution in [-0.4, -0.2) is 59.9 Å². The molecule has 0 radical (unpaired) electrons. The molecule has 0 bridgehead atoms. The van der Waals surface area contributed by atoms with Crippen LogP contribution in [0.5, 0.6) is 0 Å². The van der Waals surface area contributed by atoms with Gasteiger partial charge in [-0.05, 0) is 41.3 Å². The first-order valence-corrected chi connectivity index (χ1v) is 12.8. The number of carbonyl (C=O) groups is 3. The lowest BCUT2D eigenvalue weighted by molar-refractivity contribution is -0.174. The molecule has 0 aromatic heterocycles. The number of hydrogen-bond donors (Lipinski definition) is 2. The van der Waals surface area contributed by atoms with Gasteiger partial charge in [-0.3, -0.25) is 20.2 Å². The highest BCUT2D eigenvalue weighted by Crippen LogP contribution is 2.41. The molecule has 2 atom stereocenters. The van der Waals surface area contributed by atoms with Gasteiger partial charge in [-0.25, -0.2) is 13.4 Å². The zero-order valence-corrected chi connectivity index (χ0v) is 20.8. The third-order valence-electron chi connectivity index (χ3n) is 6.72. The van der Waals surface area contributed by atoms with E-state index in [0.29, 0.717) is 22.0 Å². The van der Waals surface area contributed by atoms with Crippen molar-refractivity contribution >= 4 is 27.5 Å². The number of alkyl halides is 3. The molecule has 13 heteroatoms. The van der Waals surface area contributed by atoms with Crippen molar-refractivity contribution in [3.63, 3.8) is 0 Å². The Balaban J connectivity index is 1.68. The Morgan fingerprint density at radius 2 is 1.68 bits per heavy atom. The SMILES string of the molecule is CC(C)c1ccc(CNC(=O)[C@]23C(=O)C(=O)C2N(N)CCN3S(=O)(=O)c2ccc(C(F)(F)F)cc2)cc1. The fourth-order valence-electron chi connectivity index (χ4n) is 4.63. The van der Waals surface area contributed by atoms with Crippen LogP contribution in [0.4, 0.5) is 13.2 Å². The van der Waals surface area contributed by atoms with Gasteiger partial charge >= 0.3 is 6.18 Å². The van der Waals surface area contributed by atoms with Crippen LogP contribution in [0.15, 0.2) is 53.4 Å². The van der Waals surface area contributed by atoms with Gasteiger partial charge in [0.15, 0.2) is 0 Å². The number of fused-ring (bicyclic) bond motifs is 1. The van der Waals surface area contributed by atoms with Crippen molar-refractivity contribution in [1.82, 2.24) is 14.6 Å². The van der Waals surface area contributed by atoms with Crippen molar-refractivity contribution < 1.29 is 36.0 Å². The highest BCUT2D eigenvalue weighted by molar-refractivity contribution is 7.89. The lowest BCUT2D eigenvalue weighted by Gasteiger charge is -2.55. The van der Waals surface area contributed by atoms with Crippen molar-refractivity contribution in [2.45, 2.75) is 49.0 Å². The number of hydrogen-bond acceptors (Lipinski definition) is 7. The number of nitrogens with zero attached hydrogens (tertiary/aromatic N) is 2. The number of Topliss-reactive ketones (excluding diaryl/α,β-unsaturated/α-hetero) is 2. The molecule has 1 aliphatic heterocycles. The molecule has 2 aliphatic rings. The Morgan fingerprint density at radius 1 is 1.08 bits per heavy atom. The predicted molar refractivity (Wildman–Crippen MR) is 125 cm³/mol. The molecule has 2 aromatic rings. The van der Waals surface area contributed by atoms with E-state index in [0.717, 1.165) is 22.7 Å². The van der Waals surface area contributed by atoms with Gasteiger partial charge in [0.1, 0.15) is 6.04 Å². The molecule has 37 heavy (non-hydrogen) atoms. The van der Waals surface area contributed by atoms with E-state index in [1.54, 1.807) is 12.1 Å². The molecule has 2 aromatic carbocycles. The second-order valence-corrected chi connectivity index (χ2v) is 11.1. The third-order valence-corrected chi connectivity index (χ3v) is 8.63. The minimum Gasteiger partial charge on any atom is -0.350 e. The Hall–Kier alpha value is -3.13. The number of piperazine rings is 1. The number of ketones is 2. The largest absolute Gasteiger partial charge is 0.416 e. The molecule has 0 spiro atoms. The highest BCUT2D eigenvalue weighted by Gasteiger charge is 2.75. The van der Waals surface area contributed by atoms with Gasteiger partial charge in [0.25, 0.3) is 5.91 Å². The zero-order chi connectivity index (χ0) is 27.3. The van der Waals surface area contributed by atoms with E-state index >= 15 is 0 Å². The molecule has 4 rings (SSSR count). The summed E-state index contributed by atoms with van der Waals surface area (Å²) < 4.78 is 66.5. The van der Waals surface area contributed by atoms with Gasteiger partial charge in [-0.2, -0.15) is 17.5 Å². The Kier molecular flexibility index (Phi) is 6.78. The van der Waals surface area contributed by atoms with Crippen LogP contribution in [0.3, 0.4) is 0 Å². The monoisotopic (exact) mass is 538 g/mol. The molecule has 1 heterocycles. The average molecular weight is 539 g/mol. The van der Waals surface area contributed by atoms with E-state index in [9.17, 15) is 36.0 Å². The van der Waals surface area contributed by atoms with Crippen LogP contribution in [0, 0.1) is 0 Å². The van der Waals surface area contributed by atoms with E-state index in [1.807, 2.05) is 26.0 Å². The standard InChI is InChI=1S/C24H25F3N4O5S/c1-14(2)16-5-3-15(4-6-16)13-29-22(34)23-20(19(32)21(23)33)30(28)11-12-31(23)37(35,36)18-9-7-17(8-10-18)24(25,26)27/h3-10,14,20H,11-13,28H2,1-2H3,(H,29,34)/t20?,23-/m1/s1. The third kappa shape index (κ3) is 4.35. The maximum atomic E-state index is 13.5. The first-order valence-electron chi connectivity index (χ1n) is 11.4. The van der Waals surface area contributed by atoms with E-state index in [-0.39, 0.29) is 19.0 Å². The number of rotatable bonds is 6. The topological polar surface area (TPSA) is 130 Å². The molecule has 1 saturated carbocycles. The van der Waals surface area contributed by atoms with E-state index in [4.69, 9.17) is 5.84 Å². The van der Waals surface area contributed by atoms with Crippen LogP contribution in [-0.2, 0) is 37.1 Å². The number of hydrazine groups is 1. The summed E-state index contributed by atoms with van der Waals surface area (Å²) in [5.41, 5.74) is -1.82. The predicted octanol–water partition coefficient (Wildman–Crippen LogP) is 1.58. The van der Waals surface area contributed by atoms with Gasteiger partial charge < -0.3 is 5.32 Å². The zero-order valence-electron chi connectivity index (χ0n) is 19.9. The molecule has 3 N–H and O–H groups in total. The van der Waals surface area contributed by atoms with Crippen molar-refractivity contribution in [3.8, 4) is 0 Å². The molecular formula is C24H25F3N4O5S. The quantitative estimate of drug-likeness (QED) is 0.325. The van der Waals surface area contributed by atoms with E-state index in [2.05, 4.69) is 5.32 Å². The number of halogens is 3. The molecule has 1 saturated heterocycles. The Bertz CT molecular complexity index is 1340. The summed E-state index contributed by atoms with van der Waals surface area (Å²) >= 11 is 0.